The predicted molar refractivity (Wildman–Crippen MR) is 78.0 cm³/mol. The van der Waals surface area contributed by atoms with Gasteiger partial charge in [-0.3, -0.25) is 0 Å². The highest BCUT2D eigenvalue weighted by Gasteiger charge is 2.17. The van der Waals surface area contributed by atoms with Crippen LogP contribution in [0.1, 0.15) is 32.3 Å². The standard InChI is InChI=1S/C15H26N2O/c1-4-13-6-8-14(9-7-13)17(3)11-5-10-15(2,18)12-16/h6-9,18H,4-5,10-12,16H2,1-3H3. The molecule has 3 N–H and O–H groups in total. The molecule has 0 spiro atoms. The first-order chi connectivity index (χ1) is 8.48. The summed E-state index contributed by atoms with van der Waals surface area (Å²) in [7, 11) is 2.08. The molecule has 1 unspecified atom stereocenters. The lowest BCUT2D eigenvalue weighted by Crippen LogP contribution is -2.35. The molecule has 0 heterocycles. The molecule has 0 saturated heterocycles. The molecule has 3 nitrogen and oxygen atoms in total. The van der Waals surface area contributed by atoms with Gasteiger partial charge in [0.1, 0.15) is 0 Å². The van der Waals surface area contributed by atoms with Crippen molar-refractivity contribution in [1.82, 2.24) is 0 Å². The number of nitrogens with two attached hydrogens (primary N) is 1. The average molecular weight is 250 g/mol. The molecule has 18 heavy (non-hydrogen) atoms. The molecule has 1 aromatic carbocycles. The van der Waals surface area contributed by atoms with Crippen molar-refractivity contribution in [3.63, 3.8) is 0 Å². The molecule has 0 aromatic heterocycles. The van der Waals surface area contributed by atoms with Crippen LogP contribution in [0.15, 0.2) is 24.3 Å². The van der Waals surface area contributed by atoms with Gasteiger partial charge in [0, 0.05) is 25.8 Å². The van der Waals surface area contributed by atoms with E-state index in [1.807, 2.05) is 0 Å². The van der Waals surface area contributed by atoms with Crippen LogP contribution >= 0.6 is 0 Å². The van der Waals surface area contributed by atoms with Crippen LogP contribution in [-0.2, 0) is 6.42 Å². The van der Waals surface area contributed by atoms with Gasteiger partial charge < -0.3 is 15.7 Å². The zero-order chi connectivity index (χ0) is 13.6. The molecular weight excluding hydrogens is 224 g/mol. The van der Waals surface area contributed by atoms with E-state index in [9.17, 15) is 5.11 Å². The molecule has 0 aliphatic carbocycles. The fourth-order valence-electron chi connectivity index (χ4n) is 1.91. The summed E-state index contributed by atoms with van der Waals surface area (Å²) in [5.41, 5.74) is 7.35. The summed E-state index contributed by atoms with van der Waals surface area (Å²) in [5, 5.41) is 9.83. The van der Waals surface area contributed by atoms with Crippen LogP contribution in [0.4, 0.5) is 5.69 Å². The predicted octanol–water partition coefficient (Wildman–Crippen LogP) is 2.18. The number of hydrogen-bond donors (Lipinski definition) is 2. The highest BCUT2D eigenvalue weighted by molar-refractivity contribution is 5.46. The molecule has 0 bridgehead atoms. The minimum absolute atomic E-state index is 0.321. The second-order valence-electron chi connectivity index (χ2n) is 5.25. The number of aliphatic hydroxyl groups is 1. The Morgan fingerprint density at radius 1 is 1.28 bits per heavy atom. The molecule has 1 atom stereocenters. The van der Waals surface area contributed by atoms with Gasteiger partial charge in [-0.05, 0) is 43.9 Å². The third-order valence-electron chi connectivity index (χ3n) is 3.43. The third kappa shape index (κ3) is 4.67. The lowest BCUT2D eigenvalue weighted by molar-refractivity contribution is 0.0585. The zero-order valence-electron chi connectivity index (χ0n) is 11.8. The van der Waals surface area contributed by atoms with E-state index in [2.05, 4.69) is 43.1 Å². The van der Waals surface area contributed by atoms with Crippen molar-refractivity contribution >= 4 is 5.69 Å². The molecule has 0 radical (unpaired) electrons. The minimum atomic E-state index is -0.729. The first-order valence-electron chi connectivity index (χ1n) is 6.71. The van der Waals surface area contributed by atoms with E-state index in [0.717, 1.165) is 25.8 Å². The van der Waals surface area contributed by atoms with Crippen LogP contribution in [0.2, 0.25) is 0 Å². The number of nitrogens with zero attached hydrogens (tertiary/aromatic N) is 1. The minimum Gasteiger partial charge on any atom is -0.389 e. The summed E-state index contributed by atoms with van der Waals surface area (Å²) < 4.78 is 0. The Morgan fingerprint density at radius 3 is 2.39 bits per heavy atom. The molecule has 3 heteroatoms. The average Bonchev–Trinajstić information content (AvgIpc) is 2.38. The van der Waals surface area contributed by atoms with Gasteiger partial charge >= 0.3 is 0 Å². The van der Waals surface area contributed by atoms with Crippen molar-refractivity contribution in [3.8, 4) is 0 Å². The highest BCUT2D eigenvalue weighted by atomic mass is 16.3. The lowest BCUT2D eigenvalue weighted by Gasteiger charge is -2.24. The van der Waals surface area contributed by atoms with Crippen LogP contribution in [0.3, 0.4) is 0 Å². The summed E-state index contributed by atoms with van der Waals surface area (Å²) >= 11 is 0. The Morgan fingerprint density at radius 2 is 1.89 bits per heavy atom. The molecule has 0 fully saturated rings. The van der Waals surface area contributed by atoms with Gasteiger partial charge in [-0.2, -0.15) is 0 Å². The summed E-state index contributed by atoms with van der Waals surface area (Å²) in [6, 6.07) is 8.64. The van der Waals surface area contributed by atoms with E-state index in [1.54, 1.807) is 6.92 Å². The Kier molecular flexibility index (Phi) is 5.63. The van der Waals surface area contributed by atoms with Crippen molar-refractivity contribution in [2.45, 2.75) is 38.7 Å². The van der Waals surface area contributed by atoms with Gasteiger partial charge in [0.2, 0.25) is 0 Å². The first kappa shape index (κ1) is 15.0. The SMILES string of the molecule is CCc1ccc(N(C)CCCC(C)(O)CN)cc1. The quantitative estimate of drug-likeness (QED) is 0.780. The number of aryl methyl sites for hydroxylation is 1. The maximum absolute atomic E-state index is 9.83. The second kappa shape index (κ2) is 6.76. The van der Waals surface area contributed by atoms with Gasteiger partial charge in [-0.15, -0.1) is 0 Å². The summed E-state index contributed by atoms with van der Waals surface area (Å²) in [4.78, 5) is 2.21. The molecule has 0 saturated carbocycles. The first-order valence-corrected chi connectivity index (χ1v) is 6.71. The van der Waals surface area contributed by atoms with Gasteiger partial charge in [0.05, 0.1) is 5.60 Å². The van der Waals surface area contributed by atoms with Crippen LogP contribution in [-0.4, -0.2) is 30.8 Å². The fraction of sp³-hybridized carbons (Fsp3) is 0.600. The van der Waals surface area contributed by atoms with E-state index in [1.165, 1.54) is 11.3 Å². The maximum atomic E-state index is 9.83. The van der Waals surface area contributed by atoms with Gasteiger partial charge in [-0.1, -0.05) is 19.1 Å². The smallest absolute Gasteiger partial charge is 0.0742 e. The number of hydrogen-bond acceptors (Lipinski definition) is 3. The maximum Gasteiger partial charge on any atom is 0.0742 e. The molecular formula is C15H26N2O. The van der Waals surface area contributed by atoms with Crippen LogP contribution in [0.25, 0.3) is 0 Å². The summed E-state index contributed by atoms with van der Waals surface area (Å²) in [5.74, 6) is 0. The van der Waals surface area contributed by atoms with Crippen LogP contribution < -0.4 is 10.6 Å². The van der Waals surface area contributed by atoms with Gasteiger partial charge in [0.15, 0.2) is 0 Å². The van der Waals surface area contributed by atoms with E-state index in [4.69, 9.17) is 5.73 Å². The molecule has 1 aromatic rings. The topological polar surface area (TPSA) is 49.5 Å². The van der Waals surface area contributed by atoms with Crippen LogP contribution in [0.5, 0.6) is 0 Å². The molecule has 1 rings (SSSR count). The Labute approximate surface area is 111 Å². The normalized spacial score (nSPS) is 14.3. The van der Waals surface area contributed by atoms with E-state index in [-0.39, 0.29) is 0 Å². The van der Waals surface area contributed by atoms with E-state index in [0.29, 0.717) is 6.54 Å². The molecule has 0 aliphatic rings. The lowest BCUT2D eigenvalue weighted by atomic mass is 10.0. The number of rotatable bonds is 7. The Balaban J connectivity index is 2.42. The van der Waals surface area contributed by atoms with Crippen molar-refractivity contribution in [2.24, 2.45) is 5.73 Å². The Hall–Kier alpha value is -1.06. The second-order valence-corrected chi connectivity index (χ2v) is 5.25. The van der Waals surface area contributed by atoms with Gasteiger partial charge in [-0.25, -0.2) is 0 Å². The summed E-state index contributed by atoms with van der Waals surface area (Å²) in [6.07, 6.45) is 2.75. The van der Waals surface area contributed by atoms with E-state index < -0.39 is 5.60 Å². The third-order valence-corrected chi connectivity index (χ3v) is 3.43. The van der Waals surface area contributed by atoms with Crippen LogP contribution in [0, 0.1) is 0 Å². The van der Waals surface area contributed by atoms with E-state index >= 15 is 0 Å². The number of anilines is 1. The monoisotopic (exact) mass is 250 g/mol. The largest absolute Gasteiger partial charge is 0.389 e. The number of benzene rings is 1. The molecule has 0 amide bonds. The van der Waals surface area contributed by atoms with Crippen molar-refractivity contribution in [2.75, 3.05) is 25.0 Å². The molecule has 0 aliphatic heterocycles. The fourth-order valence-corrected chi connectivity index (χ4v) is 1.91. The van der Waals surface area contributed by atoms with Crippen molar-refractivity contribution in [3.05, 3.63) is 29.8 Å². The van der Waals surface area contributed by atoms with Crippen molar-refractivity contribution < 1.29 is 5.11 Å². The summed E-state index contributed by atoms with van der Waals surface area (Å²) in [6.45, 7) is 5.21. The van der Waals surface area contributed by atoms with Crippen molar-refractivity contribution in [1.29, 1.82) is 0 Å². The zero-order valence-corrected chi connectivity index (χ0v) is 11.8. The van der Waals surface area contributed by atoms with Gasteiger partial charge in [0.25, 0.3) is 0 Å². The molecule has 102 valence electrons. The highest BCUT2D eigenvalue weighted by Crippen LogP contribution is 2.16. The Bertz CT molecular complexity index is 346.